The zero-order valence-electron chi connectivity index (χ0n) is 14.1. The Morgan fingerprint density at radius 2 is 1.92 bits per heavy atom. The van der Waals surface area contributed by atoms with E-state index in [1.807, 2.05) is 19.9 Å². The molecule has 6 heteroatoms. The van der Waals surface area contributed by atoms with Gasteiger partial charge in [0.2, 0.25) is 5.91 Å². The van der Waals surface area contributed by atoms with E-state index in [0.29, 0.717) is 17.7 Å². The summed E-state index contributed by atoms with van der Waals surface area (Å²) in [6.45, 7) is 5.29. The summed E-state index contributed by atoms with van der Waals surface area (Å²) in [5, 5.41) is 16.2. The van der Waals surface area contributed by atoms with Gasteiger partial charge in [0.15, 0.2) is 0 Å². The fourth-order valence-corrected chi connectivity index (χ4v) is 2.57. The van der Waals surface area contributed by atoms with Gasteiger partial charge in [-0.25, -0.2) is 0 Å². The van der Waals surface area contributed by atoms with Crippen molar-refractivity contribution in [2.24, 2.45) is 0 Å². The van der Waals surface area contributed by atoms with Gasteiger partial charge in [0.25, 0.3) is 0 Å². The monoisotopic (exact) mass is 330 g/mol. The lowest BCUT2D eigenvalue weighted by Crippen LogP contribution is -2.44. The molecular formula is C18H22N2O4. The SMILES string of the molecule is Cc1noc(C)c1CCC(=O)NCC(C)(C(=O)O)c1ccccc1. The predicted octanol–water partition coefficient (Wildman–Crippen LogP) is 2.38. The van der Waals surface area contributed by atoms with Gasteiger partial charge in [-0.1, -0.05) is 35.5 Å². The molecule has 0 spiro atoms. The van der Waals surface area contributed by atoms with Crippen molar-refractivity contribution in [3.05, 3.63) is 52.9 Å². The maximum absolute atomic E-state index is 12.1. The Balaban J connectivity index is 1.97. The molecule has 0 aliphatic carbocycles. The zero-order chi connectivity index (χ0) is 17.7. The molecule has 0 bridgehead atoms. The average Bonchev–Trinajstić information content (AvgIpc) is 2.89. The molecule has 1 unspecified atom stereocenters. The molecule has 2 rings (SSSR count). The predicted molar refractivity (Wildman–Crippen MR) is 88.7 cm³/mol. The molecule has 1 heterocycles. The second-order valence-corrected chi connectivity index (χ2v) is 6.08. The highest BCUT2D eigenvalue weighted by Gasteiger charge is 2.35. The van der Waals surface area contributed by atoms with Crippen LogP contribution >= 0.6 is 0 Å². The first-order valence-electron chi connectivity index (χ1n) is 7.82. The zero-order valence-corrected chi connectivity index (χ0v) is 14.1. The number of rotatable bonds is 7. The minimum atomic E-state index is -1.17. The van der Waals surface area contributed by atoms with Crippen molar-refractivity contribution in [2.75, 3.05) is 6.54 Å². The van der Waals surface area contributed by atoms with Crippen molar-refractivity contribution in [3.63, 3.8) is 0 Å². The van der Waals surface area contributed by atoms with Gasteiger partial charge < -0.3 is 14.9 Å². The van der Waals surface area contributed by atoms with E-state index in [9.17, 15) is 14.7 Å². The summed E-state index contributed by atoms with van der Waals surface area (Å²) in [6, 6.07) is 8.91. The van der Waals surface area contributed by atoms with Gasteiger partial charge in [0, 0.05) is 18.5 Å². The minimum Gasteiger partial charge on any atom is -0.481 e. The Kier molecular flexibility index (Phi) is 5.39. The maximum atomic E-state index is 12.1. The summed E-state index contributed by atoms with van der Waals surface area (Å²) in [5.41, 5.74) is 1.19. The van der Waals surface area contributed by atoms with Crippen molar-refractivity contribution in [1.29, 1.82) is 0 Å². The number of aromatic nitrogens is 1. The van der Waals surface area contributed by atoms with Crippen molar-refractivity contribution < 1.29 is 19.2 Å². The lowest BCUT2D eigenvalue weighted by Gasteiger charge is -2.25. The number of hydrogen-bond acceptors (Lipinski definition) is 4. The van der Waals surface area contributed by atoms with E-state index in [4.69, 9.17) is 4.52 Å². The highest BCUT2D eigenvalue weighted by Crippen LogP contribution is 2.23. The van der Waals surface area contributed by atoms with Crippen LogP contribution in [0.1, 0.15) is 35.9 Å². The Morgan fingerprint density at radius 3 is 2.46 bits per heavy atom. The van der Waals surface area contributed by atoms with E-state index in [2.05, 4.69) is 10.5 Å². The van der Waals surface area contributed by atoms with Crippen LogP contribution in [-0.4, -0.2) is 28.7 Å². The van der Waals surface area contributed by atoms with Gasteiger partial charge in [-0.05, 0) is 32.8 Å². The summed E-state index contributed by atoms with van der Waals surface area (Å²) in [5.74, 6) is -0.460. The van der Waals surface area contributed by atoms with Crippen LogP contribution in [0.15, 0.2) is 34.9 Å². The number of benzene rings is 1. The number of nitrogens with one attached hydrogen (secondary N) is 1. The number of carboxylic acids is 1. The highest BCUT2D eigenvalue weighted by atomic mass is 16.5. The molecule has 0 fully saturated rings. The Hall–Kier alpha value is -2.63. The lowest BCUT2D eigenvalue weighted by atomic mass is 9.82. The number of nitrogens with zero attached hydrogens (tertiary/aromatic N) is 1. The second-order valence-electron chi connectivity index (χ2n) is 6.08. The van der Waals surface area contributed by atoms with Crippen LogP contribution < -0.4 is 5.32 Å². The van der Waals surface area contributed by atoms with Crippen molar-refractivity contribution in [1.82, 2.24) is 10.5 Å². The second kappa shape index (κ2) is 7.29. The first-order valence-corrected chi connectivity index (χ1v) is 7.82. The van der Waals surface area contributed by atoms with Crippen molar-refractivity contribution >= 4 is 11.9 Å². The molecule has 1 amide bonds. The van der Waals surface area contributed by atoms with Gasteiger partial charge in [0.1, 0.15) is 11.2 Å². The molecule has 6 nitrogen and oxygen atoms in total. The smallest absolute Gasteiger partial charge is 0.315 e. The largest absolute Gasteiger partial charge is 0.481 e. The van der Waals surface area contributed by atoms with Crippen LogP contribution in [0.4, 0.5) is 0 Å². The molecule has 0 aliphatic rings. The van der Waals surface area contributed by atoms with Crippen LogP contribution in [0.2, 0.25) is 0 Å². The molecule has 128 valence electrons. The Morgan fingerprint density at radius 1 is 1.25 bits per heavy atom. The molecule has 0 aliphatic heterocycles. The van der Waals surface area contributed by atoms with Gasteiger partial charge in [-0.15, -0.1) is 0 Å². The average molecular weight is 330 g/mol. The number of aliphatic carboxylic acids is 1. The lowest BCUT2D eigenvalue weighted by molar-refractivity contribution is -0.143. The van der Waals surface area contributed by atoms with Gasteiger partial charge >= 0.3 is 5.97 Å². The fraction of sp³-hybridized carbons (Fsp3) is 0.389. The maximum Gasteiger partial charge on any atom is 0.315 e. The Labute approximate surface area is 140 Å². The molecule has 0 radical (unpaired) electrons. The van der Waals surface area contributed by atoms with Gasteiger partial charge in [-0.3, -0.25) is 9.59 Å². The van der Waals surface area contributed by atoms with Gasteiger partial charge in [-0.2, -0.15) is 0 Å². The summed E-state index contributed by atoms with van der Waals surface area (Å²) < 4.78 is 5.07. The first-order chi connectivity index (χ1) is 11.3. The van der Waals surface area contributed by atoms with E-state index in [0.717, 1.165) is 11.3 Å². The van der Waals surface area contributed by atoms with E-state index in [-0.39, 0.29) is 18.9 Å². The summed E-state index contributed by atoms with van der Waals surface area (Å²) in [7, 11) is 0. The quantitative estimate of drug-likeness (QED) is 0.813. The van der Waals surface area contributed by atoms with E-state index >= 15 is 0 Å². The molecule has 1 aromatic heterocycles. The Bertz CT molecular complexity index is 704. The number of carbonyl (C=O) groups excluding carboxylic acids is 1. The third kappa shape index (κ3) is 3.82. The van der Waals surface area contributed by atoms with Crippen molar-refractivity contribution in [3.8, 4) is 0 Å². The van der Waals surface area contributed by atoms with Crippen molar-refractivity contribution in [2.45, 2.75) is 39.0 Å². The van der Waals surface area contributed by atoms with Crippen LogP contribution in [0.5, 0.6) is 0 Å². The number of amides is 1. The van der Waals surface area contributed by atoms with E-state index in [1.54, 1.807) is 31.2 Å². The van der Waals surface area contributed by atoms with Crippen LogP contribution in [0, 0.1) is 13.8 Å². The van der Waals surface area contributed by atoms with Gasteiger partial charge in [0.05, 0.1) is 5.69 Å². The fourth-order valence-electron chi connectivity index (χ4n) is 2.57. The van der Waals surface area contributed by atoms with Crippen LogP contribution in [0.25, 0.3) is 0 Å². The first kappa shape index (κ1) is 17.7. The third-order valence-electron chi connectivity index (χ3n) is 4.31. The molecule has 0 saturated heterocycles. The van der Waals surface area contributed by atoms with E-state index < -0.39 is 11.4 Å². The molecule has 1 aromatic carbocycles. The molecule has 2 N–H and O–H groups in total. The summed E-state index contributed by atoms with van der Waals surface area (Å²) in [6.07, 6.45) is 0.773. The third-order valence-corrected chi connectivity index (χ3v) is 4.31. The highest BCUT2D eigenvalue weighted by molar-refractivity contribution is 5.83. The van der Waals surface area contributed by atoms with E-state index in [1.165, 1.54) is 0 Å². The number of carbonyl (C=O) groups is 2. The number of carboxylic acid groups (broad SMARTS) is 1. The minimum absolute atomic E-state index is 0.0345. The topological polar surface area (TPSA) is 92.4 Å². The molecular weight excluding hydrogens is 308 g/mol. The molecule has 1 atom stereocenters. The molecule has 0 saturated carbocycles. The number of aryl methyl sites for hydroxylation is 2. The summed E-state index contributed by atoms with van der Waals surface area (Å²) in [4.78, 5) is 23.8. The molecule has 24 heavy (non-hydrogen) atoms. The summed E-state index contributed by atoms with van der Waals surface area (Å²) >= 11 is 0. The van der Waals surface area contributed by atoms with Crippen LogP contribution in [0.3, 0.4) is 0 Å². The van der Waals surface area contributed by atoms with Crippen LogP contribution in [-0.2, 0) is 21.4 Å². The normalized spacial score (nSPS) is 13.3. The number of hydrogen-bond donors (Lipinski definition) is 2. The molecule has 2 aromatic rings. The standard InChI is InChI=1S/C18H22N2O4/c1-12-15(13(2)24-20-12)9-10-16(21)19-11-18(3,17(22)23)14-7-5-4-6-8-14/h4-8H,9-11H2,1-3H3,(H,19,21)(H,22,23).